The van der Waals surface area contributed by atoms with Gasteiger partial charge >= 0.3 is 0 Å². The van der Waals surface area contributed by atoms with E-state index >= 15 is 0 Å². The van der Waals surface area contributed by atoms with Crippen LogP contribution in [0.1, 0.15) is 24.2 Å². The molecular weight excluding hydrogens is 298 g/mol. The van der Waals surface area contributed by atoms with E-state index in [0.717, 1.165) is 6.07 Å². The monoisotopic (exact) mass is 313 g/mol. The Morgan fingerprint density at radius 2 is 2.00 bits per heavy atom. The Bertz CT molecular complexity index is 587. The van der Waals surface area contributed by atoms with E-state index in [-0.39, 0.29) is 28.7 Å². The lowest BCUT2D eigenvalue weighted by molar-refractivity contribution is -0.384. The minimum atomic E-state index is -0.789. The van der Waals surface area contributed by atoms with Crippen LogP contribution in [0.3, 0.4) is 0 Å². The number of carbonyl (C=O) groups is 2. The van der Waals surface area contributed by atoms with Crippen LogP contribution in [-0.4, -0.2) is 30.3 Å². The van der Waals surface area contributed by atoms with Gasteiger partial charge in [0.15, 0.2) is 0 Å². The molecule has 0 aliphatic heterocycles. The molecule has 2 amide bonds. The number of hydrogen-bond donors (Lipinski definition) is 2. The van der Waals surface area contributed by atoms with Gasteiger partial charge in [0.2, 0.25) is 5.91 Å². The first-order valence-corrected chi connectivity index (χ1v) is 6.51. The van der Waals surface area contributed by atoms with Crippen molar-refractivity contribution in [3.63, 3.8) is 0 Å². The second kappa shape index (κ2) is 6.53. The maximum atomic E-state index is 12.0. The van der Waals surface area contributed by atoms with E-state index in [9.17, 15) is 19.7 Å². The summed E-state index contributed by atoms with van der Waals surface area (Å²) in [7, 11) is 1.51. The summed E-state index contributed by atoms with van der Waals surface area (Å²) in [4.78, 5) is 33.7. The minimum absolute atomic E-state index is 0.0396. The third-order valence-electron chi connectivity index (χ3n) is 2.94. The Balaban J connectivity index is 2.84. The van der Waals surface area contributed by atoms with Gasteiger partial charge in [-0.3, -0.25) is 19.7 Å². The van der Waals surface area contributed by atoms with E-state index in [1.165, 1.54) is 19.2 Å². The zero-order valence-electron chi connectivity index (χ0n) is 11.9. The maximum Gasteiger partial charge on any atom is 0.288 e. The van der Waals surface area contributed by atoms with E-state index in [4.69, 9.17) is 11.6 Å². The van der Waals surface area contributed by atoms with Gasteiger partial charge in [0.05, 0.1) is 10.3 Å². The van der Waals surface area contributed by atoms with Crippen LogP contribution < -0.4 is 10.6 Å². The van der Waals surface area contributed by atoms with Crippen molar-refractivity contribution >= 4 is 29.1 Å². The number of nitro benzene ring substituents is 1. The Kier molecular flexibility index (Phi) is 5.26. The van der Waals surface area contributed by atoms with Gasteiger partial charge in [-0.25, -0.2) is 0 Å². The average Bonchev–Trinajstić information content (AvgIpc) is 2.44. The Hall–Kier alpha value is -2.15. The number of carbonyl (C=O) groups excluding carboxylic acids is 2. The fourth-order valence-corrected chi connectivity index (χ4v) is 1.80. The molecule has 0 heterocycles. The highest BCUT2D eigenvalue weighted by molar-refractivity contribution is 6.32. The molecule has 2 N–H and O–H groups in total. The Morgan fingerprint density at radius 1 is 1.38 bits per heavy atom. The molecule has 0 radical (unpaired) electrons. The molecule has 114 valence electrons. The van der Waals surface area contributed by atoms with Gasteiger partial charge in [-0.05, 0) is 26.0 Å². The predicted octanol–water partition coefficient (Wildman–Crippen LogP) is 1.75. The number of halogens is 1. The zero-order chi connectivity index (χ0) is 16.2. The smallest absolute Gasteiger partial charge is 0.288 e. The largest absolute Gasteiger partial charge is 0.359 e. The molecule has 0 atom stereocenters. The number of benzene rings is 1. The number of nitrogens with one attached hydrogen (secondary N) is 2. The second-order valence-corrected chi connectivity index (χ2v) is 5.48. The molecule has 8 heteroatoms. The van der Waals surface area contributed by atoms with Crippen LogP contribution in [0.4, 0.5) is 5.69 Å². The van der Waals surface area contributed by atoms with Crippen LogP contribution >= 0.6 is 11.6 Å². The summed E-state index contributed by atoms with van der Waals surface area (Å²) in [5, 5.41) is 15.8. The van der Waals surface area contributed by atoms with Gasteiger partial charge < -0.3 is 10.6 Å². The SMILES string of the molecule is CNC(=O)C(C)(C)CNC(=O)c1ccc(Cl)c([N+](=O)[O-])c1. The average molecular weight is 314 g/mol. The highest BCUT2D eigenvalue weighted by Crippen LogP contribution is 2.25. The second-order valence-electron chi connectivity index (χ2n) is 5.07. The molecule has 21 heavy (non-hydrogen) atoms. The maximum absolute atomic E-state index is 12.0. The van der Waals surface area contributed by atoms with Gasteiger partial charge in [-0.1, -0.05) is 11.6 Å². The Labute approximate surface area is 126 Å². The molecule has 1 rings (SSSR count). The molecule has 0 bridgehead atoms. The normalized spacial score (nSPS) is 10.9. The lowest BCUT2D eigenvalue weighted by atomic mass is 9.92. The van der Waals surface area contributed by atoms with Gasteiger partial charge in [0, 0.05) is 25.2 Å². The molecule has 7 nitrogen and oxygen atoms in total. The first-order valence-electron chi connectivity index (χ1n) is 6.13. The van der Waals surface area contributed by atoms with Crippen molar-refractivity contribution < 1.29 is 14.5 Å². The van der Waals surface area contributed by atoms with Crippen molar-refractivity contribution in [2.24, 2.45) is 5.41 Å². The van der Waals surface area contributed by atoms with E-state index in [0.29, 0.717) is 0 Å². The molecule has 0 aliphatic carbocycles. The van der Waals surface area contributed by atoms with Crippen LogP contribution in [0.5, 0.6) is 0 Å². The summed E-state index contributed by atoms with van der Waals surface area (Å²) in [6, 6.07) is 3.78. The number of hydrogen-bond acceptors (Lipinski definition) is 4. The summed E-state index contributed by atoms with van der Waals surface area (Å²) in [6.45, 7) is 3.45. The topological polar surface area (TPSA) is 101 Å². The highest BCUT2D eigenvalue weighted by Gasteiger charge is 2.27. The van der Waals surface area contributed by atoms with Crippen molar-refractivity contribution in [2.75, 3.05) is 13.6 Å². The van der Waals surface area contributed by atoms with E-state index < -0.39 is 16.2 Å². The lowest BCUT2D eigenvalue weighted by Gasteiger charge is -2.22. The quantitative estimate of drug-likeness (QED) is 0.638. The van der Waals surface area contributed by atoms with Crippen LogP contribution in [0, 0.1) is 15.5 Å². The fraction of sp³-hybridized carbons (Fsp3) is 0.385. The molecule has 0 saturated heterocycles. The third-order valence-corrected chi connectivity index (χ3v) is 3.26. The standard InChI is InChI=1S/C13H16ClN3O4/c1-13(2,12(19)15-3)7-16-11(18)8-4-5-9(14)10(6-8)17(20)21/h4-6H,7H2,1-3H3,(H,15,19)(H,16,18). The third kappa shape index (κ3) is 4.16. The highest BCUT2D eigenvalue weighted by atomic mass is 35.5. The molecular formula is C13H16ClN3O4. The van der Waals surface area contributed by atoms with Gasteiger partial charge in [-0.15, -0.1) is 0 Å². The summed E-state index contributed by atoms with van der Waals surface area (Å²) in [6.07, 6.45) is 0. The summed E-state index contributed by atoms with van der Waals surface area (Å²) < 4.78 is 0. The van der Waals surface area contributed by atoms with E-state index in [1.54, 1.807) is 13.8 Å². The fourth-order valence-electron chi connectivity index (χ4n) is 1.62. The summed E-state index contributed by atoms with van der Waals surface area (Å²) >= 11 is 5.68. The first kappa shape index (κ1) is 16.9. The van der Waals surface area contributed by atoms with Gasteiger partial charge in [0.25, 0.3) is 11.6 Å². The molecule has 0 aromatic heterocycles. The van der Waals surface area contributed by atoms with Crippen molar-refractivity contribution in [3.8, 4) is 0 Å². The molecule has 0 aliphatic rings. The first-order chi connectivity index (χ1) is 9.69. The van der Waals surface area contributed by atoms with Crippen LogP contribution in [0.25, 0.3) is 0 Å². The number of rotatable bonds is 5. The molecule has 1 aromatic rings. The van der Waals surface area contributed by atoms with Crippen molar-refractivity contribution in [1.82, 2.24) is 10.6 Å². The summed E-state index contributed by atoms with van der Waals surface area (Å²) in [5.41, 5.74) is -1.02. The van der Waals surface area contributed by atoms with Crippen LogP contribution in [0.2, 0.25) is 5.02 Å². The number of amides is 2. The molecule has 0 fully saturated rings. The number of nitro groups is 1. The molecule has 0 unspecified atom stereocenters. The minimum Gasteiger partial charge on any atom is -0.359 e. The summed E-state index contributed by atoms with van der Waals surface area (Å²) in [5.74, 6) is -0.725. The molecule has 0 spiro atoms. The van der Waals surface area contributed by atoms with Crippen molar-refractivity contribution in [3.05, 3.63) is 38.9 Å². The van der Waals surface area contributed by atoms with Gasteiger partial charge in [-0.2, -0.15) is 0 Å². The lowest BCUT2D eigenvalue weighted by Crippen LogP contribution is -2.43. The molecule has 0 saturated carbocycles. The van der Waals surface area contributed by atoms with Gasteiger partial charge in [0.1, 0.15) is 5.02 Å². The van der Waals surface area contributed by atoms with Crippen molar-refractivity contribution in [2.45, 2.75) is 13.8 Å². The van der Waals surface area contributed by atoms with E-state index in [2.05, 4.69) is 10.6 Å². The van der Waals surface area contributed by atoms with Crippen molar-refractivity contribution in [1.29, 1.82) is 0 Å². The van der Waals surface area contributed by atoms with Crippen LogP contribution in [-0.2, 0) is 4.79 Å². The molecule has 1 aromatic carbocycles. The Morgan fingerprint density at radius 3 is 2.52 bits per heavy atom. The zero-order valence-corrected chi connectivity index (χ0v) is 12.7. The van der Waals surface area contributed by atoms with Crippen LogP contribution in [0.15, 0.2) is 18.2 Å². The predicted molar refractivity (Wildman–Crippen MR) is 78.3 cm³/mol. The number of nitrogens with zero attached hydrogens (tertiary/aromatic N) is 1. The van der Waals surface area contributed by atoms with E-state index in [1.807, 2.05) is 0 Å².